The maximum atomic E-state index is 12.4. The molecule has 0 saturated heterocycles. The lowest BCUT2D eigenvalue weighted by Crippen LogP contribution is -2.35. The Morgan fingerprint density at radius 3 is 2.57 bits per heavy atom. The molecule has 0 aliphatic carbocycles. The van der Waals surface area contributed by atoms with Gasteiger partial charge in [0.05, 0.1) is 5.39 Å². The van der Waals surface area contributed by atoms with Crippen LogP contribution in [0.3, 0.4) is 0 Å². The molecular formula is C16H21N3O2. The molecule has 2 rings (SSSR count). The highest BCUT2D eigenvalue weighted by Gasteiger charge is 2.17. The van der Waals surface area contributed by atoms with Gasteiger partial charge >= 0.3 is 0 Å². The summed E-state index contributed by atoms with van der Waals surface area (Å²) >= 11 is 0. The summed E-state index contributed by atoms with van der Waals surface area (Å²) in [5.74, 6) is -0.227. The van der Waals surface area contributed by atoms with E-state index in [2.05, 4.69) is 17.3 Å². The summed E-state index contributed by atoms with van der Waals surface area (Å²) in [6.45, 7) is 6.33. The molecule has 2 aromatic rings. The largest absolute Gasteiger partial charge is 0.348 e. The number of aryl methyl sites for hydroxylation is 1. The van der Waals surface area contributed by atoms with Gasteiger partial charge in [-0.25, -0.2) is 4.68 Å². The van der Waals surface area contributed by atoms with Gasteiger partial charge in [-0.05, 0) is 26.3 Å². The first-order valence-electron chi connectivity index (χ1n) is 7.39. The van der Waals surface area contributed by atoms with Crippen molar-refractivity contribution in [1.29, 1.82) is 0 Å². The monoisotopic (exact) mass is 287 g/mol. The number of hydrogen-bond acceptors (Lipinski definition) is 3. The molecule has 1 aromatic heterocycles. The lowest BCUT2D eigenvalue weighted by molar-refractivity contribution is 0.0933. The quantitative estimate of drug-likeness (QED) is 0.918. The number of hydrogen-bond donors (Lipinski definition) is 1. The van der Waals surface area contributed by atoms with Crippen molar-refractivity contribution in [3.05, 3.63) is 40.3 Å². The molecule has 1 heterocycles. The molecular weight excluding hydrogens is 266 g/mol. The summed E-state index contributed by atoms with van der Waals surface area (Å²) in [5.41, 5.74) is 0.154. The maximum Gasteiger partial charge on any atom is 0.274 e. The van der Waals surface area contributed by atoms with Crippen LogP contribution in [0, 0.1) is 0 Å². The molecule has 0 aliphatic rings. The molecule has 21 heavy (non-hydrogen) atoms. The molecule has 0 fully saturated rings. The summed E-state index contributed by atoms with van der Waals surface area (Å²) in [7, 11) is 0. The van der Waals surface area contributed by atoms with Crippen molar-refractivity contribution >= 4 is 16.7 Å². The number of aromatic nitrogens is 2. The Hall–Kier alpha value is -2.17. The number of fused-ring (bicyclic) bond motifs is 1. The molecule has 1 N–H and O–H groups in total. The number of benzene rings is 1. The molecule has 0 unspecified atom stereocenters. The second-order valence-corrected chi connectivity index (χ2v) is 5.18. The van der Waals surface area contributed by atoms with E-state index in [0.717, 1.165) is 12.8 Å². The molecule has 0 spiro atoms. The number of nitrogens with zero attached hydrogens (tertiary/aromatic N) is 2. The van der Waals surface area contributed by atoms with Crippen molar-refractivity contribution in [2.24, 2.45) is 0 Å². The van der Waals surface area contributed by atoms with Crippen LogP contribution in [0.25, 0.3) is 10.8 Å². The molecule has 5 heteroatoms. The normalized spacial score (nSPS) is 12.3. The number of amides is 1. The Balaban J connectivity index is 2.50. The average Bonchev–Trinajstić information content (AvgIpc) is 2.48. The molecule has 1 atom stereocenters. The van der Waals surface area contributed by atoms with Crippen molar-refractivity contribution in [2.45, 2.75) is 46.2 Å². The first-order chi connectivity index (χ1) is 10.1. The van der Waals surface area contributed by atoms with E-state index in [-0.39, 0.29) is 17.5 Å². The zero-order valence-electron chi connectivity index (χ0n) is 12.7. The third kappa shape index (κ3) is 3.12. The van der Waals surface area contributed by atoms with Crippen LogP contribution in [0.2, 0.25) is 0 Å². The van der Waals surface area contributed by atoms with Gasteiger partial charge < -0.3 is 5.32 Å². The molecule has 1 aromatic carbocycles. The minimum atomic E-state index is -0.227. The SMILES string of the molecule is CCC[C@H](C)NC(=O)c1nn(CC)c(=O)c2ccccc12. The Labute approximate surface area is 124 Å². The molecule has 0 bridgehead atoms. The molecule has 0 radical (unpaired) electrons. The van der Waals surface area contributed by atoms with E-state index in [0.29, 0.717) is 23.0 Å². The average molecular weight is 287 g/mol. The van der Waals surface area contributed by atoms with Crippen LogP contribution in [0.1, 0.15) is 44.1 Å². The Morgan fingerprint density at radius 2 is 1.95 bits per heavy atom. The number of carbonyl (C=O) groups is 1. The van der Waals surface area contributed by atoms with Crippen LogP contribution < -0.4 is 10.9 Å². The fourth-order valence-corrected chi connectivity index (χ4v) is 2.41. The Morgan fingerprint density at radius 1 is 1.29 bits per heavy atom. The van der Waals surface area contributed by atoms with Crippen LogP contribution in [-0.4, -0.2) is 21.7 Å². The van der Waals surface area contributed by atoms with Crippen LogP contribution in [0.5, 0.6) is 0 Å². The van der Waals surface area contributed by atoms with E-state index in [1.807, 2.05) is 19.9 Å². The zero-order chi connectivity index (χ0) is 15.4. The summed E-state index contributed by atoms with van der Waals surface area (Å²) < 4.78 is 1.34. The van der Waals surface area contributed by atoms with Crippen LogP contribution in [0.15, 0.2) is 29.1 Å². The predicted octanol–water partition coefficient (Wildman–Crippen LogP) is 2.33. The van der Waals surface area contributed by atoms with Gasteiger partial charge in [0.2, 0.25) is 0 Å². The fraction of sp³-hybridized carbons (Fsp3) is 0.438. The molecule has 0 aliphatic heterocycles. The molecule has 0 saturated carbocycles. The van der Waals surface area contributed by atoms with Gasteiger partial charge in [0.1, 0.15) is 0 Å². The first-order valence-corrected chi connectivity index (χ1v) is 7.39. The van der Waals surface area contributed by atoms with Gasteiger partial charge in [0, 0.05) is 18.0 Å². The minimum absolute atomic E-state index is 0.0880. The van der Waals surface area contributed by atoms with Crippen LogP contribution in [0.4, 0.5) is 0 Å². The summed E-state index contributed by atoms with van der Waals surface area (Å²) in [6, 6.07) is 7.20. The number of carbonyl (C=O) groups excluding carboxylic acids is 1. The standard InChI is InChI=1S/C16H21N3O2/c1-4-8-11(3)17-15(20)14-12-9-6-7-10-13(12)16(21)19(5-2)18-14/h6-7,9-11H,4-5,8H2,1-3H3,(H,17,20)/t11-/m0/s1. The van der Waals surface area contributed by atoms with Crippen molar-refractivity contribution in [3.63, 3.8) is 0 Å². The minimum Gasteiger partial charge on any atom is -0.348 e. The predicted molar refractivity (Wildman–Crippen MR) is 83.5 cm³/mol. The van der Waals surface area contributed by atoms with E-state index in [4.69, 9.17) is 0 Å². The van der Waals surface area contributed by atoms with Gasteiger partial charge in [-0.2, -0.15) is 5.10 Å². The second kappa shape index (κ2) is 6.52. The molecule has 5 nitrogen and oxygen atoms in total. The summed E-state index contributed by atoms with van der Waals surface area (Å²) in [4.78, 5) is 24.7. The lowest BCUT2D eigenvalue weighted by Gasteiger charge is -2.14. The van der Waals surface area contributed by atoms with Gasteiger partial charge in [-0.1, -0.05) is 31.5 Å². The van der Waals surface area contributed by atoms with Crippen LogP contribution in [-0.2, 0) is 6.54 Å². The smallest absolute Gasteiger partial charge is 0.274 e. The number of nitrogens with one attached hydrogen (secondary N) is 1. The Kier molecular flexibility index (Phi) is 4.73. The van der Waals surface area contributed by atoms with Crippen molar-refractivity contribution in [3.8, 4) is 0 Å². The van der Waals surface area contributed by atoms with Crippen molar-refractivity contribution in [1.82, 2.24) is 15.1 Å². The van der Waals surface area contributed by atoms with Crippen LogP contribution >= 0.6 is 0 Å². The number of rotatable bonds is 5. The van der Waals surface area contributed by atoms with E-state index >= 15 is 0 Å². The lowest BCUT2D eigenvalue weighted by atomic mass is 10.1. The van der Waals surface area contributed by atoms with E-state index in [1.54, 1.807) is 18.2 Å². The maximum absolute atomic E-state index is 12.4. The highest BCUT2D eigenvalue weighted by atomic mass is 16.2. The zero-order valence-corrected chi connectivity index (χ0v) is 12.7. The third-order valence-electron chi connectivity index (χ3n) is 3.48. The molecule has 112 valence electrons. The second-order valence-electron chi connectivity index (χ2n) is 5.18. The Bertz CT molecular complexity index is 706. The van der Waals surface area contributed by atoms with Gasteiger partial charge in [-0.3, -0.25) is 9.59 Å². The van der Waals surface area contributed by atoms with Gasteiger partial charge in [-0.15, -0.1) is 0 Å². The van der Waals surface area contributed by atoms with Crippen molar-refractivity contribution in [2.75, 3.05) is 0 Å². The van der Waals surface area contributed by atoms with Gasteiger partial charge in [0.25, 0.3) is 11.5 Å². The van der Waals surface area contributed by atoms with E-state index < -0.39 is 0 Å². The highest BCUT2D eigenvalue weighted by molar-refractivity contribution is 6.04. The third-order valence-corrected chi connectivity index (χ3v) is 3.48. The van der Waals surface area contributed by atoms with Crippen molar-refractivity contribution < 1.29 is 4.79 Å². The van der Waals surface area contributed by atoms with E-state index in [9.17, 15) is 9.59 Å². The fourth-order valence-electron chi connectivity index (χ4n) is 2.41. The van der Waals surface area contributed by atoms with Gasteiger partial charge in [0.15, 0.2) is 5.69 Å². The first kappa shape index (κ1) is 15.2. The van der Waals surface area contributed by atoms with E-state index in [1.165, 1.54) is 4.68 Å². The topological polar surface area (TPSA) is 64.0 Å². The highest BCUT2D eigenvalue weighted by Crippen LogP contribution is 2.13. The summed E-state index contributed by atoms with van der Waals surface area (Å²) in [6.07, 6.45) is 1.92. The summed E-state index contributed by atoms with van der Waals surface area (Å²) in [5, 5.41) is 8.30. The molecule has 1 amide bonds.